The molecule has 1 N–H and O–H groups in total. The predicted molar refractivity (Wildman–Crippen MR) is 61.2 cm³/mol. The molecular weight excluding hydrogens is 258 g/mol. The van der Waals surface area contributed by atoms with Crippen molar-refractivity contribution in [3.63, 3.8) is 0 Å². The molecular formula is C11H12BrNO2. The normalized spacial score (nSPS) is 9.93. The van der Waals surface area contributed by atoms with Gasteiger partial charge in [0, 0.05) is 4.47 Å². The van der Waals surface area contributed by atoms with E-state index in [1.165, 1.54) is 0 Å². The van der Waals surface area contributed by atoms with Gasteiger partial charge < -0.3 is 9.84 Å². The van der Waals surface area contributed by atoms with E-state index in [2.05, 4.69) is 20.8 Å². The van der Waals surface area contributed by atoms with Gasteiger partial charge >= 0.3 is 6.73 Å². The molecule has 0 unspecified atom stereocenters. The van der Waals surface area contributed by atoms with Gasteiger partial charge in [0.1, 0.15) is 0 Å². The summed E-state index contributed by atoms with van der Waals surface area (Å²) in [4.78, 5) is 3.09. The van der Waals surface area contributed by atoms with Crippen LogP contribution in [0.2, 0.25) is 0 Å². The summed E-state index contributed by atoms with van der Waals surface area (Å²) in [6.07, 6.45) is 0.721. The van der Waals surface area contributed by atoms with Crippen molar-refractivity contribution in [3.8, 4) is 0 Å². The van der Waals surface area contributed by atoms with Crippen LogP contribution >= 0.6 is 15.9 Å². The highest BCUT2D eigenvalue weighted by molar-refractivity contribution is 9.10. The van der Waals surface area contributed by atoms with Gasteiger partial charge in [-0.15, -0.1) is 0 Å². The minimum atomic E-state index is 0.0254. The molecule has 0 radical (unpaired) electrons. The van der Waals surface area contributed by atoms with Gasteiger partial charge in [-0.1, -0.05) is 22.0 Å². The third kappa shape index (κ3) is 4.00. The Morgan fingerprint density at radius 2 is 2.20 bits per heavy atom. The van der Waals surface area contributed by atoms with Crippen molar-refractivity contribution in [2.75, 3.05) is 13.3 Å². The molecule has 1 aromatic rings. The lowest BCUT2D eigenvalue weighted by molar-refractivity contribution is 0.164. The Morgan fingerprint density at radius 3 is 2.87 bits per heavy atom. The van der Waals surface area contributed by atoms with Crippen molar-refractivity contribution in [1.29, 1.82) is 0 Å². The standard InChI is InChI=1S/C11H12BrNO2/c1-13-8-15-5-4-9-2-3-11(12)6-10(9)7-14/h2-3,6,14H,4-5,7-8H2. The zero-order valence-electron chi connectivity index (χ0n) is 8.24. The number of hydrogen-bond donors (Lipinski definition) is 1. The van der Waals surface area contributed by atoms with E-state index in [0.29, 0.717) is 6.61 Å². The van der Waals surface area contributed by atoms with Gasteiger partial charge in [0.15, 0.2) is 0 Å². The molecule has 0 saturated carbocycles. The van der Waals surface area contributed by atoms with E-state index in [4.69, 9.17) is 16.4 Å². The lowest BCUT2D eigenvalue weighted by Crippen LogP contribution is -2.01. The Kier molecular flexibility index (Phi) is 5.33. The first-order valence-corrected chi connectivity index (χ1v) is 5.36. The molecule has 0 atom stereocenters. The van der Waals surface area contributed by atoms with Crippen LogP contribution in [0, 0.1) is 6.57 Å². The molecule has 0 heterocycles. The van der Waals surface area contributed by atoms with Crippen molar-refractivity contribution in [2.24, 2.45) is 0 Å². The fourth-order valence-corrected chi connectivity index (χ4v) is 1.69. The number of halogens is 1. The van der Waals surface area contributed by atoms with Crippen LogP contribution in [0.5, 0.6) is 0 Å². The number of benzene rings is 1. The lowest BCUT2D eigenvalue weighted by atomic mass is 10.1. The largest absolute Gasteiger partial charge is 0.392 e. The molecule has 0 spiro atoms. The molecule has 3 nitrogen and oxygen atoms in total. The van der Waals surface area contributed by atoms with Crippen LogP contribution in [0.4, 0.5) is 0 Å². The molecule has 4 heteroatoms. The van der Waals surface area contributed by atoms with Crippen LogP contribution in [-0.2, 0) is 17.8 Å². The number of hydrogen-bond acceptors (Lipinski definition) is 2. The van der Waals surface area contributed by atoms with E-state index >= 15 is 0 Å². The van der Waals surface area contributed by atoms with Gasteiger partial charge in [0.05, 0.1) is 13.2 Å². The van der Waals surface area contributed by atoms with E-state index in [9.17, 15) is 0 Å². The van der Waals surface area contributed by atoms with Crippen LogP contribution < -0.4 is 0 Å². The topological polar surface area (TPSA) is 33.8 Å². The third-order valence-corrected chi connectivity index (χ3v) is 2.50. The summed E-state index contributed by atoms with van der Waals surface area (Å²) in [7, 11) is 0. The average molecular weight is 270 g/mol. The average Bonchev–Trinajstić information content (AvgIpc) is 2.26. The fourth-order valence-electron chi connectivity index (χ4n) is 1.28. The molecule has 0 amide bonds. The third-order valence-electron chi connectivity index (χ3n) is 2.01. The quantitative estimate of drug-likeness (QED) is 0.658. The van der Waals surface area contributed by atoms with Gasteiger partial charge in [-0.05, 0) is 29.7 Å². The van der Waals surface area contributed by atoms with E-state index in [1.54, 1.807) is 0 Å². The Hall–Kier alpha value is -0.890. The van der Waals surface area contributed by atoms with E-state index in [1.807, 2.05) is 18.2 Å². The van der Waals surface area contributed by atoms with Crippen molar-refractivity contribution in [3.05, 3.63) is 45.2 Å². The number of aliphatic hydroxyl groups is 1. The molecule has 0 aliphatic rings. The molecule has 80 valence electrons. The van der Waals surface area contributed by atoms with Gasteiger partial charge in [-0.2, -0.15) is 0 Å². The minimum Gasteiger partial charge on any atom is -0.392 e. The summed E-state index contributed by atoms with van der Waals surface area (Å²) in [5.74, 6) is 0. The zero-order chi connectivity index (χ0) is 11.1. The smallest absolute Gasteiger partial charge is 0.318 e. The van der Waals surface area contributed by atoms with Crippen LogP contribution in [0.3, 0.4) is 0 Å². The molecule has 0 fully saturated rings. The maximum absolute atomic E-state index is 9.14. The number of rotatable bonds is 5. The summed E-state index contributed by atoms with van der Waals surface area (Å²) in [5, 5.41) is 9.14. The van der Waals surface area contributed by atoms with Gasteiger partial charge in [0.25, 0.3) is 0 Å². The Morgan fingerprint density at radius 1 is 1.40 bits per heavy atom. The van der Waals surface area contributed by atoms with Crippen molar-refractivity contribution in [2.45, 2.75) is 13.0 Å². The van der Waals surface area contributed by atoms with E-state index in [0.717, 1.165) is 22.0 Å². The maximum Gasteiger partial charge on any atom is 0.318 e. The first-order valence-electron chi connectivity index (χ1n) is 4.57. The van der Waals surface area contributed by atoms with Crippen LogP contribution in [0.25, 0.3) is 4.85 Å². The highest BCUT2D eigenvalue weighted by atomic mass is 79.9. The molecule has 0 aliphatic carbocycles. The van der Waals surface area contributed by atoms with Gasteiger partial charge in [-0.3, -0.25) is 4.85 Å². The molecule has 0 bridgehead atoms. The molecule has 0 aliphatic heterocycles. The molecule has 1 aromatic carbocycles. The summed E-state index contributed by atoms with van der Waals surface area (Å²) in [6.45, 7) is 7.18. The van der Waals surface area contributed by atoms with Crippen LogP contribution in [0.15, 0.2) is 22.7 Å². The second kappa shape index (κ2) is 6.57. The second-order valence-corrected chi connectivity index (χ2v) is 3.93. The van der Waals surface area contributed by atoms with Gasteiger partial charge in [0.2, 0.25) is 0 Å². The molecule has 0 aromatic heterocycles. The van der Waals surface area contributed by atoms with Crippen LogP contribution in [0.1, 0.15) is 11.1 Å². The van der Waals surface area contributed by atoms with Gasteiger partial charge in [-0.25, -0.2) is 6.57 Å². The Bertz CT molecular complexity index is 360. The molecule has 0 saturated heterocycles. The van der Waals surface area contributed by atoms with Crippen molar-refractivity contribution in [1.82, 2.24) is 0 Å². The second-order valence-electron chi connectivity index (χ2n) is 3.02. The fraction of sp³-hybridized carbons (Fsp3) is 0.364. The molecule has 15 heavy (non-hydrogen) atoms. The zero-order valence-corrected chi connectivity index (χ0v) is 9.83. The predicted octanol–water partition coefficient (Wildman–Crippen LogP) is 2.38. The minimum absolute atomic E-state index is 0.0254. The highest BCUT2D eigenvalue weighted by Crippen LogP contribution is 2.17. The monoisotopic (exact) mass is 269 g/mol. The summed E-state index contributed by atoms with van der Waals surface area (Å²) in [6, 6.07) is 5.78. The SMILES string of the molecule is [C-]#[N+]COCCc1ccc(Br)cc1CO. The first kappa shape index (κ1) is 12.2. The number of ether oxygens (including phenoxy) is 1. The highest BCUT2D eigenvalue weighted by Gasteiger charge is 2.02. The Balaban J connectivity index is 2.57. The van der Waals surface area contributed by atoms with Crippen LogP contribution in [-0.4, -0.2) is 18.4 Å². The van der Waals surface area contributed by atoms with Crippen molar-refractivity contribution >= 4 is 15.9 Å². The summed E-state index contributed by atoms with van der Waals surface area (Å²) in [5.41, 5.74) is 1.96. The number of nitrogens with zero attached hydrogens (tertiary/aromatic N) is 1. The summed E-state index contributed by atoms with van der Waals surface area (Å²) < 4.78 is 6.02. The first-order chi connectivity index (χ1) is 7.27. The van der Waals surface area contributed by atoms with E-state index < -0.39 is 0 Å². The van der Waals surface area contributed by atoms with Crippen molar-refractivity contribution < 1.29 is 9.84 Å². The molecule has 1 rings (SSSR count). The summed E-state index contributed by atoms with van der Waals surface area (Å²) >= 11 is 3.35. The Labute approximate surface area is 97.6 Å². The van der Waals surface area contributed by atoms with E-state index in [-0.39, 0.29) is 13.3 Å². The number of aliphatic hydroxyl groups excluding tert-OH is 1. The lowest BCUT2D eigenvalue weighted by Gasteiger charge is -2.06. The maximum atomic E-state index is 9.14.